The number of hydrogen-bond donors (Lipinski definition) is 0. The zero-order valence-electron chi connectivity index (χ0n) is 12.0. The van der Waals surface area contributed by atoms with Gasteiger partial charge in [0.15, 0.2) is 0 Å². The Morgan fingerprint density at radius 1 is 0.955 bits per heavy atom. The predicted octanol–water partition coefficient (Wildman–Crippen LogP) is 2.88. The Hall–Kier alpha value is -2.95. The van der Waals surface area contributed by atoms with Gasteiger partial charge >= 0.3 is 0 Å². The summed E-state index contributed by atoms with van der Waals surface area (Å²) in [6, 6.07) is 20.0. The van der Waals surface area contributed by atoms with Crippen molar-refractivity contribution in [1.82, 2.24) is 15.0 Å². The summed E-state index contributed by atoms with van der Waals surface area (Å²) in [6.07, 6.45) is 3.30. The van der Waals surface area contributed by atoms with Crippen LogP contribution in [0.4, 0.5) is 0 Å². The molecule has 0 saturated carbocycles. The first kappa shape index (κ1) is 14.0. The molecule has 0 aliphatic rings. The van der Waals surface area contributed by atoms with Crippen LogP contribution in [0.5, 0.6) is 0 Å². The summed E-state index contributed by atoms with van der Waals surface area (Å²) in [6.45, 7) is 1.10. The standard InChI is InChI=1S/C17H16N4O/c1-3-7-15(8-4-1)13-21-17(11-18-20-21)12-19-22-14-16-9-5-2-6-10-16/h1-12H,13-14H2/b19-12+. The summed E-state index contributed by atoms with van der Waals surface area (Å²) < 4.78 is 1.78. The zero-order valence-corrected chi connectivity index (χ0v) is 12.0. The van der Waals surface area contributed by atoms with Gasteiger partial charge in [0.05, 0.1) is 19.0 Å². The van der Waals surface area contributed by atoms with E-state index >= 15 is 0 Å². The van der Waals surface area contributed by atoms with Crippen molar-refractivity contribution in [2.24, 2.45) is 5.16 Å². The van der Waals surface area contributed by atoms with Crippen molar-refractivity contribution < 1.29 is 4.84 Å². The summed E-state index contributed by atoms with van der Waals surface area (Å²) >= 11 is 0. The highest BCUT2D eigenvalue weighted by Gasteiger charge is 2.02. The second kappa shape index (κ2) is 7.17. The molecule has 0 spiro atoms. The van der Waals surface area contributed by atoms with Crippen molar-refractivity contribution in [2.45, 2.75) is 13.2 Å². The molecular formula is C17H16N4O. The maximum atomic E-state index is 5.30. The van der Waals surface area contributed by atoms with Gasteiger partial charge < -0.3 is 4.84 Å². The van der Waals surface area contributed by atoms with Crippen LogP contribution < -0.4 is 0 Å². The fourth-order valence-corrected chi connectivity index (χ4v) is 2.02. The molecule has 0 atom stereocenters. The lowest BCUT2D eigenvalue weighted by molar-refractivity contribution is 0.132. The molecule has 22 heavy (non-hydrogen) atoms. The summed E-state index contributed by atoms with van der Waals surface area (Å²) in [7, 11) is 0. The van der Waals surface area contributed by atoms with Gasteiger partial charge in [0.2, 0.25) is 0 Å². The van der Waals surface area contributed by atoms with E-state index in [2.05, 4.69) is 27.6 Å². The molecule has 5 nitrogen and oxygen atoms in total. The van der Waals surface area contributed by atoms with Crippen molar-refractivity contribution in [2.75, 3.05) is 0 Å². The third-order valence-corrected chi connectivity index (χ3v) is 3.16. The maximum absolute atomic E-state index is 5.30. The molecule has 0 saturated heterocycles. The Labute approximate surface area is 128 Å². The first-order valence-electron chi connectivity index (χ1n) is 7.03. The molecule has 0 amide bonds. The molecule has 0 bridgehead atoms. The van der Waals surface area contributed by atoms with Crippen LogP contribution in [-0.2, 0) is 18.0 Å². The quantitative estimate of drug-likeness (QED) is 0.518. The van der Waals surface area contributed by atoms with Crippen molar-refractivity contribution in [3.8, 4) is 0 Å². The number of hydrogen-bond acceptors (Lipinski definition) is 4. The second-order valence-corrected chi connectivity index (χ2v) is 4.80. The largest absolute Gasteiger partial charge is 0.391 e. The average Bonchev–Trinajstić information content (AvgIpc) is 3.01. The Kier molecular flexibility index (Phi) is 4.57. The summed E-state index contributed by atoms with van der Waals surface area (Å²) in [5, 5.41) is 12.0. The Balaban J connectivity index is 1.59. The minimum absolute atomic E-state index is 0.442. The van der Waals surface area contributed by atoms with E-state index in [9.17, 15) is 0 Å². The molecule has 5 heteroatoms. The minimum atomic E-state index is 0.442. The maximum Gasteiger partial charge on any atom is 0.142 e. The van der Waals surface area contributed by atoms with Gasteiger partial charge in [-0.25, -0.2) is 4.68 Å². The van der Waals surface area contributed by atoms with Crippen LogP contribution in [-0.4, -0.2) is 21.2 Å². The predicted molar refractivity (Wildman–Crippen MR) is 84.4 cm³/mol. The van der Waals surface area contributed by atoms with Gasteiger partial charge in [0, 0.05) is 0 Å². The minimum Gasteiger partial charge on any atom is -0.391 e. The molecule has 2 aromatic carbocycles. The van der Waals surface area contributed by atoms with Crippen LogP contribution in [0.3, 0.4) is 0 Å². The van der Waals surface area contributed by atoms with Gasteiger partial charge in [0.25, 0.3) is 0 Å². The van der Waals surface area contributed by atoms with E-state index in [0.29, 0.717) is 13.2 Å². The third kappa shape index (κ3) is 3.79. The van der Waals surface area contributed by atoms with E-state index in [0.717, 1.165) is 16.8 Å². The topological polar surface area (TPSA) is 52.3 Å². The fraction of sp³-hybridized carbons (Fsp3) is 0.118. The van der Waals surface area contributed by atoms with E-state index in [1.165, 1.54) is 0 Å². The van der Waals surface area contributed by atoms with Crippen LogP contribution in [0, 0.1) is 0 Å². The highest BCUT2D eigenvalue weighted by atomic mass is 16.6. The first-order chi connectivity index (χ1) is 10.9. The monoisotopic (exact) mass is 292 g/mol. The van der Waals surface area contributed by atoms with E-state index in [4.69, 9.17) is 4.84 Å². The molecule has 0 aliphatic carbocycles. The first-order valence-corrected chi connectivity index (χ1v) is 7.03. The summed E-state index contributed by atoms with van der Waals surface area (Å²) in [4.78, 5) is 5.30. The fourth-order valence-electron chi connectivity index (χ4n) is 2.02. The molecule has 0 fully saturated rings. The highest BCUT2D eigenvalue weighted by molar-refractivity contribution is 5.76. The summed E-state index contributed by atoms with van der Waals surface area (Å²) in [5.41, 5.74) is 3.04. The lowest BCUT2D eigenvalue weighted by Gasteiger charge is -2.03. The van der Waals surface area contributed by atoms with Crippen molar-refractivity contribution in [3.63, 3.8) is 0 Å². The molecule has 1 heterocycles. The Bertz CT molecular complexity index is 723. The number of benzene rings is 2. The second-order valence-electron chi connectivity index (χ2n) is 4.80. The van der Waals surface area contributed by atoms with E-state index < -0.39 is 0 Å². The SMILES string of the molecule is C(=N\OCc1ccccc1)/c1cnnn1Cc1ccccc1. The number of nitrogens with zero attached hydrogens (tertiary/aromatic N) is 4. The van der Waals surface area contributed by atoms with Gasteiger partial charge in [-0.3, -0.25) is 0 Å². The van der Waals surface area contributed by atoms with Crippen LogP contribution in [0.2, 0.25) is 0 Å². The molecular weight excluding hydrogens is 276 g/mol. The van der Waals surface area contributed by atoms with E-state index in [-0.39, 0.29) is 0 Å². The van der Waals surface area contributed by atoms with E-state index in [1.807, 2.05) is 48.5 Å². The molecule has 0 unspecified atom stereocenters. The normalized spacial score (nSPS) is 10.9. The summed E-state index contributed by atoms with van der Waals surface area (Å²) in [5.74, 6) is 0. The van der Waals surface area contributed by atoms with Gasteiger partial charge in [-0.15, -0.1) is 5.10 Å². The van der Waals surface area contributed by atoms with Crippen LogP contribution >= 0.6 is 0 Å². The lowest BCUT2D eigenvalue weighted by Crippen LogP contribution is -2.06. The molecule has 0 radical (unpaired) electrons. The number of oxime groups is 1. The van der Waals surface area contributed by atoms with Crippen LogP contribution in [0.15, 0.2) is 72.0 Å². The smallest absolute Gasteiger partial charge is 0.142 e. The van der Waals surface area contributed by atoms with E-state index in [1.54, 1.807) is 17.1 Å². The molecule has 3 aromatic rings. The van der Waals surface area contributed by atoms with Crippen molar-refractivity contribution in [1.29, 1.82) is 0 Å². The Morgan fingerprint density at radius 3 is 2.36 bits per heavy atom. The van der Waals surface area contributed by atoms with Crippen molar-refractivity contribution in [3.05, 3.63) is 83.7 Å². The van der Waals surface area contributed by atoms with Crippen LogP contribution in [0.1, 0.15) is 16.8 Å². The molecule has 0 N–H and O–H groups in total. The number of rotatable bonds is 6. The molecule has 110 valence electrons. The number of aromatic nitrogens is 3. The highest BCUT2D eigenvalue weighted by Crippen LogP contribution is 2.04. The van der Waals surface area contributed by atoms with Gasteiger partial charge in [-0.2, -0.15) is 0 Å². The molecule has 3 rings (SSSR count). The molecule has 0 aliphatic heterocycles. The lowest BCUT2D eigenvalue weighted by atomic mass is 10.2. The van der Waals surface area contributed by atoms with Gasteiger partial charge in [-0.05, 0) is 11.1 Å². The van der Waals surface area contributed by atoms with Crippen molar-refractivity contribution >= 4 is 6.21 Å². The van der Waals surface area contributed by atoms with Gasteiger partial charge in [0.1, 0.15) is 12.3 Å². The van der Waals surface area contributed by atoms with Crippen LogP contribution in [0.25, 0.3) is 0 Å². The van der Waals surface area contributed by atoms with Gasteiger partial charge in [-0.1, -0.05) is 71.0 Å². The zero-order chi connectivity index (χ0) is 15.0. The molecule has 1 aromatic heterocycles. The third-order valence-electron chi connectivity index (χ3n) is 3.16. The Morgan fingerprint density at radius 2 is 1.64 bits per heavy atom. The average molecular weight is 292 g/mol.